The van der Waals surface area contributed by atoms with Crippen molar-refractivity contribution in [1.29, 1.82) is 0 Å². The Morgan fingerprint density at radius 3 is 1.68 bits per heavy atom. The van der Waals surface area contributed by atoms with Crippen molar-refractivity contribution >= 4 is 80.4 Å². The Morgan fingerprint density at radius 1 is 0.520 bits per heavy atom. The van der Waals surface area contributed by atoms with Crippen molar-refractivity contribution in [3.63, 3.8) is 0 Å². The van der Waals surface area contributed by atoms with Crippen molar-refractivity contribution in [2.45, 2.75) is 12.8 Å². The SMILES string of the molecule is CN(C)c1cccc(/C=C/c2nc(N(C)C)c3cc(Cl)ccc3n2)n1.CN(C)c1cccc(CCc2nc(N(C)C)c3cc(Cl)ccc3n2)n1. The third-order valence-corrected chi connectivity index (χ3v) is 8.13. The number of rotatable bonds is 9. The van der Waals surface area contributed by atoms with Gasteiger partial charge in [0, 0.05) is 89.3 Å². The maximum absolute atomic E-state index is 6.13. The van der Waals surface area contributed by atoms with E-state index in [1.165, 1.54) is 0 Å². The standard InChI is InChI=1S/C19H22ClN5.C19H20ClN5/c2*1-24(2)18-7-5-6-14(21-18)9-11-17-22-16-10-8-13(20)12-15(16)19(23-17)25(3)4/h5-8,10,12H,9,11H2,1-4H3;5-12H,1-4H3/b;11-9+. The lowest BCUT2D eigenvalue weighted by Gasteiger charge is -2.16. The molecular weight excluding hydrogens is 667 g/mol. The van der Waals surface area contributed by atoms with Crippen LogP contribution in [-0.2, 0) is 12.8 Å². The molecule has 50 heavy (non-hydrogen) atoms. The molecule has 258 valence electrons. The fraction of sp³-hybridized carbons (Fsp3) is 0.263. The summed E-state index contributed by atoms with van der Waals surface area (Å²) >= 11 is 12.2. The van der Waals surface area contributed by atoms with Gasteiger partial charge in [0.25, 0.3) is 0 Å². The number of pyridine rings is 2. The fourth-order valence-corrected chi connectivity index (χ4v) is 5.48. The number of nitrogens with zero attached hydrogens (tertiary/aromatic N) is 10. The molecule has 0 bridgehead atoms. The summed E-state index contributed by atoms with van der Waals surface area (Å²) in [6.07, 6.45) is 5.34. The van der Waals surface area contributed by atoms with E-state index in [9.17, 15) is 0 Å². The summed E-state index contributed by atoms with van der Waals surface area (Å²) in [6.45, 7) is 0. The van der Waals surface area contributed by atoms with E-state index < -0.39 is 0 Å². The van der Waals surface area contributed by atoms with Crippen LogP contribution in [0, 0.1) is 0 Å². The number of benzene rings is 2. The van der Waals surface area contributed by atoms with Gasteiger partial charge in [-0.2, -0.15) is 0 Å². The Hall–Kier alpha value is -5.06. The first kappa shape index (κ1) is 36.2. The molecule has 0 aliphatic rings. The summed E-state index contributed by atoms with van der Waals surface area (Å²) in [5, 5.41) is 3.26. The van der Waals surface area contributed by atoms with E-state index in [-0.39, 0.29) is 0 Å². The van der Waals surface area contributed by atoms with Crippen LogP contribution in [0.4, 0.5) is 23.3 Å². The highest BCUT2D eigenvalue weighted by Gasteiger charge is 2.12. The van der Waals surface area contributed by atoms with Crippen LogP contribution >= 0.6 is 23.2 Å². The number of anilines is 4. The number of halogens is 2. The van der Waals surface area contributed by atoms with Crippen molar-refractivity contribution < 1.29 is 0 Å². The first-order valence-electron chi connectivity index (χ1n) is 16.1. The molecule has 12 heteroatoms. The fourth-order valence-electron chi connectivity index (χ4n) is 5.14. The van der Waals surface area contributed by atoms with Crippen LogP contribution in [0.15, 0.2) is 72.8 Å². The predicted octanol–water partition coefficient (Wildman–Crippen LogP) is 7.58. The molecular formula is C38H42Cl2N10. The highest BCUT2D eigenvalue weighted by molar-refractivity contribution is 6.31. The molecule has 0 radical (unpaired) electrons. The van der Waals surface area contributed by atoms with E-state index in [2.05, 4.69) is 19.9 Å². The van der Waals surface area contributed by atoms with Gasteiger partial charge in [-0.05, 0) is 79.2 Å². The molecule has 2 aromatic carbocycles. The van der Waals surface area contributed by atoms with Gasteiger partial charge in [0.1, 0.15) is 29.1 Å². The van der Waals surface area contributed by atoms with E-state index in [4.69, 9.17) is 33.2 Å². The minimum absolute atomic E-state index is 0.635. The Kier molecular flexibility index (Phi) is 11.7. The van der Waals surface area contributed by atoms with Crippen LogP contribution in [0.25, 0.3) is 34.0 Å². The van der Waals surface area contributed by atoms with Crippen molar-refractivity contribution in [3.05, 3.63) is 106 Å². The summed E-state index contributed by atoms with van der Waals surface area (Å²) in [5.74, 6) is 5.04. The van der Waals surface area contributed by atoms with Gasteiger partial charge >= 0.3 is 0 Å². The van der Waals surface area contributed by atoms with Crippen LogP contribution in [0.2, 0.25) is 10.0 Å². The molecule has 0 spiro atoms. The largest absolute Gasteiger partial charge is 0.363 e. The maximum atomic E-state index is 6.13. The Morgan fingerprint density at radius 2 is 1.08 bits per heavy atom. The summed E-state index contributed by atoms with van der Waals surface area (Å²) in [6, 6.07) is 23.4. The molecule has 0 amide bonds. The number of hydrogen-bond donors (Lipinski definition) is 0. The topological polar surface area (TPSA) is 90.3 Å². The van der Waals surface area contributed by atoms with Crippen molar-refractivity contribution in [1.82, 2.24) is 29.9 Å². The van der Waals surface area contributed by atoms with Crippen LogP contribution in [0.1, 0.15) is 23.0 Å². The second-order valence-electron chi connectivity index (χ2n) is 12.5. The molecule has 4 aromatic heterocycles. The molecule has 0 N–H and O–H groups in total. The number of aryl methyl sites for hydroxylation is 2. The lowest BCUT2D eigenvalue weighted by atomic mass is 10.2. The average molecular weight is 710 g/mol. The van der Waals surface area contributed by atoms with Gasteiger partial charge in [0.05, 0.1) is 16.7 Å². The normalized spacial score (nSPS) is 11.1. The number of hydrogen-bond acceptors (Lipinski definition) is 10. The molecule has 6 aromatic rings. The quantitative estimate of drug-likeness (QED) is 0.150. The molecule has 6 rings (SSSR count). The van der Waals surface area contributed by atoms with Crippen molar-refractivity contribution in [2.75, 3.05) is 76.0 Å². The lowest BCUT2D eigenvalue weighted by molar-refractivity contribution is 0.837. The molecule has 0 fully saturated rings. The molecule has 10 nitrogen and oxygen atoms in total. The highest BCUT2D eigenvalue weighted by Crippen LogP contribution is 2.27. The van der Waals surface area contributed by atoms with E-state index in [0.717, 1.165) is 75.1 Å². The lowest BCUT2D eigenvalue weighted by Crippen LogP contribution is -2.14. The summed E-state index contributed by atoms with van der Waals surface area (Å²) < 4.78 is 0. The monoisotopic (exact) mass is 708 g/mol. The molecule has 0 unspecified atom stereocenters. The zero-order valence-electron chi connectivity index (χ0n) is 29.7. The zero-order valence-corrected chi connectivity index (χ0v) is 31.2. The molecule has 0 saturated carbocycles. The van der Waals surface area contributed by atoms with Gasteiger partial charge in [-0.15, -0.1) is 0 Å². The Balaban J connectivity index is 0.000000194. The first-order chi connectivity index (χ1) is 23.9. The Labute approximate surface area is 304 Å². The third-order valence-electron chi connectivity index (χ3n) is 7.66. The average Bonchev–Trinajstić information content (AvgIpc) is 3.09. The van der Waals surface area contributed by atoms with Crippen molar-refractivity contribution in [2.24, 2.45) is 0 Å². The molecule has 0 aliphatic heterocycles. The second-order valence-corrected chi connectivity index (χ2v) is 13.4. The van der Waals surface area contributed by atoms with Crippen LogP contribution in [0.3, 0.4) is 0 Å². The minimum Gasteiger partial charge on any atom is -0.363 e. The number of aromatic nitrogens is 6. The highest BCUT2D eigenvalue weighted by atomic mass is 35.5. The minimum atomic E-state index is 0.635. The van der Waals surface area contributed by atoms with Crippen LogP contribution in [0.5, 0.6) is 0 Å². The van der Waals surface area contributed by atoms with Gasteiger partial charge in [-0.3, -0.25) is 0 Å². The van der Waals surface area contributed by atoms with E-state index in [1.54, 1.807) is 0 Å². The zero-order chi connectivity index (χ0) is 35.9. The van der Waals surface area contributed by atoms with E-state index in [1.807, 2.05) is 161 Å². The first-order valence-corrected chi connectivity index (χ1v) is 16.9. The van der Waals surface area contributed by atoms with Gasteiger partial charge in [0.2, 0.25) is 0 Å². The predicted molar refractivity (Wildman–Crippen MR) is 211 cm³/mol. The summed E-state index contributed by atoms with van der Waals surface area (Å²) in [5.41, 5.74) is 3.67. The van der Waals surface area contributed by atoms with E-state index >= 15 is 0 Å². The van der Waals surface area contributed by atoms with E-state index in [0.29, 0.717) is 15.9 Å². The third kappa shape index (κ3) is 9.13. The van der Waals surface area contributed by atoms with Gasteiger partial charge in [0.15, 0.2) is 5.82 Å². The van der Waals surface area contributed by atoms with Gasteiger partial charge in [-0.1, -0.05) is 35.3 Å². The van der Waals surface area contributed by atoms with Crippen LogP contribution in [-0.4, -0.2) is 86.3 Å². The molecule has 4 heterocycles. The smallest absolute Gasteiger partial charge is 0.155 e. The molecule has 0 atom stereocenters. The van der Waals surface area contributed by atoms with Gasteiger partial charge < -0.3 is 19.6 Å². The summed E-state index contributed by atoms with van der Waals surface area (Å²) in [4.78, 5) is 35.9. The van der Waals surface area contributed by atoms with Crippen molar-refractivity contribution in [3.8, 4) is 0 Å². The van der Waals surface area contributed by atoms with Gasteiger partial charge in [-0.25, -0.2) is 29.9 Å². The van der Waals surface area contributed by atoms with Crippen LogP contribution < -0.4 is 19.6 Å². The second kappa shape index (κ2) is 16.1. The molecule has 0 saturated heterocycles. The molecule has 0 aliphatic carbocycles. The number of fused-ring (bicyclic) bond motifs is 2. The maximum Gasteiger partial charge on any atom is 0.155 e. The Bertz CT molecular complexity index is 2130. The summed E-state index contributed by atoms with van der Waals surface area (Å²) in [7, 11) is 15.8.